The molecule has 9 heteroatoms. The Balaban J connectivity index is 0.00000200. The molecule has 0 bridgehead atoms. The highest BCUT2D eigenvalue weighted by atomic mass is 35.5. The Kier molecular flexibility index (Phi) is 5.96. The van der Waals surface area contributed by atoms with Crippen molar-refractivity contribution in [3.05, 3.63) is 16.3 Å². The Labute approximate surface area is 128 Å². The van der Waals surface area contributed by atoms with Crippen LogP contribution in [0.3, 0.4) is 0 Å². The van der Waals surface area contributed by atoms with Crippen molar-refractivity contribution in [2.75, 3.05) is 26.7 Å². The van der Waals surface area contributed by atoms with Crippen LogP contribution in [-0.2, 0) is 14.8 Å². The maximum absolute atomic E-state index is 12.5. The van der Waals surface area contributed by atoms with E-state index >= 15 is 0 Å². The minimum absolute atomic E-state index is 0. The van der Waals surface area contributed by atoms with Gasteiger partial charge in [-0.15, -0.1) is 23.7 Å². The van der Waals surface area contributed by atoms with Crippen LogP contribution in [0.25, 0.3) is 0 Å². The first kappa shape index (κ1) is 17.4. The number of ether oxygens (including phenoxy) is 1. The van der Waals surface area contributed by atoms with Gasteiger partial charge >= 0.3 is 5.97 Å². The van der Waals surface area contributed by atoms with Gasteiger partial charge in [-0.05, 0) is 30.3 Å². The van der Waals surface area contributed by atoms with Crippen molar-refractivity contribution in [3.8, 4) is 0 Å². The molecule has 0 amide bonds. The van der Waals surface area contributed by atoms with E-state index in [0.29, 0.717) is 19.6 Å². The maximum atomic E-state index is 12.5. The van der Waals surface area contributed by atoms with Crippen molar-refractivity contribution in [1.82, 2.24) is 4.31 Å². The summed E-state index contributed by atoms with van der Waals surface area (Å²) in [6.45, 7) is 1.33. The first-order valence-corrected chi connectivity index (χ1v) is 8.18. The molecule has 1 aliphatic rings. The van der Waals surface area contributed by atoms with Crippen LogP contribution in [0.1, 0.15) is 16.1 Å². The minimum Gasteiger partial charge on any atom is -0.465 e. The molecule has 114 valence electrons. The summed E-state index contributed by atoms with van der Waals surface area (Å²) in [5.41, 5.74) is 5.56. The van der Waals surface area contributed by atoms with Gasteiger partial charge in [0, 0.05) is 13.1 Å². The molecule has 0 radical (unpaired) electrons. The molecular formula is C11H17ClN2O4S2. The fraction of sp³-hybridized carbons (Fsp3) is 0.545. The number of methoxy groups -OCH3 is 1. The molecule has 20 heavy (non-hydrogen) atoms. The van der Waals surface area contributed by atoms with E-state index in [1.165, 1.54) is 17.5 Å². The van der Waals surface area contributed by atoms with Crippen LogP contribution < -0.4 is 5.73 Å². The Morgan fingerprint density at radius 2 is 2.30 bits per heavy atom. The van der Waals surface area contributed by atoms with Crippen LogP contribution in [0.4, 0.5) is 0 Å². The van der Waals surface area contributed by atoms with Crippen LogP contribution in [0.5, 0.6) is 0 Å². The van der Waals surface area contributed by atoms with Gasteiger partial charge in [-0.2, -0.15) is 4.31 Å². The number of carbonyl (C=O) groups excluding carboxylic acids is 1. The second-order valence-corrected chi connectivity index (χ2v) is 7.18. The lowest BCUT2D eigenvalue weighted by molar-refractivity contribution is 0.0602. The smallest absolute Gasteiger partial charge is 0.349 e. The Morgan fingerprint density at radius 3 is 2.85 bits per heavy atom. The van der Waals surface area contributed by atoms with Crippen molar-refractivity contribution < 1.29 is 17.9 Å². The van der Waals surface area contributed by atoms with Gasteiger partial charge in [0.25, 0.3) is 0 Å². The fourth-order valence-electron chi connectivity index (χ4n) is 2.09. The van der Waals surface area contributed by atoms with Gasteiger partial charge < -0.3 is 10.5 Å². The van der Waals surface area contributed by atoms with E-state index in [1.807, 2.05) is 0 Å². The zero-order valence-corrected chi connectivity index (χ0v) is 13.4. The van der Waals surface area contributed by atoms with Crippen molar-refractivity contribution in [1.29, 1.82) is 0 Å². The lowest BCUT2D eigenvalue weighted by atomic mass is 10.1. The summed E-state index contributed by atoms with van der Waals surface area (Å²) in [5, 5.41) is 1.58. The van der Waals surface area contributed by atoms with Crippen molar-refractivity contribution in [3.63, 3.8) is 0 Å². The molecule has 2 heterocycles. The van der Waals surface area contributed by atoms with E-state index in [1.54, 1.807) is 5.38 Å². The molecular weight excluding hydrogens is 324 g/mol. The summed E-state index contributed by atoms with van der Waals surface area (Å²) in [6, 6.07) is 1.45. The van der Waals surface area contributed by atoms with E-state index < -0.39 is 16.0 Å². The number of esters is 1. The number of sulfonamides is 1. The third-order valence-corrected chi connectivity index (χ3v) is 6.13. The summed E-state index contributed by atoms with van der Waals surface area (Å²) < 4.78 is 31.0. The molecule has 0 aromatic carbocycles. The molecule has 1 fully saturated rings. The molecule has 0 spiro atoms. The lowest BCUT2D eigenvalue weighted by Gasteiger charge is -2.16. The van der Waals surface area contributed by atoms with Gasteiger partial charge in [-0.3, -0.25) is 0 Å². The van der Waals surface area contributed by atoms with Gasteiger partial charge in [0.2, 0.25) is 10.0 Å². The van der Waals surface area contributed by atoms with Gasteiger partial charge in [0.15, 0.2) is 0 Å². The van der Waals surface area contributed by atoms with Crippen molar-refractivity contribution >= 4 is 39.7 Å². The Hall–Kier alpha value is -0.670. The van der Waals surface area contributed by atoms with Crippen molar-refractivity contribution in [2.45, 2.75) is 11.3 Å². The number of carbonyl (C=O) groups is 1. The van der Waals surface area contributed by atoms with Crippen LogP contribution in [0.15, 0.2) is 16.3 Å². The third-order valence-electron chi connectivity index (χ3n) is 3.20. The molecule has 0 saturated carbocycles. The molecule has 0 aliphatic carbocycles. The molecule has 1 unspecified atom stereocenters. The quantitative estimate of drug-likeness (QED) is 0.823. The van der Waals surface area contributed by atoms with Gasteiger partial charge in [0.05, 0.1) is 7.11 Å². The Bertz CT molecular complexity index is 573. The first-order valence-electron chi connectivity index (χ1n) is 5.86. The predicted molar refractivity (Wildman–Crippen MR) is 78.8 cm³/mol. The summed E-state index contributed by atoms with van der Waals surface area (Å²) >= 11 is 1.07. The van der Waals surface area contributed by atoms with Gasteiger partial charge in [0.1, 0.15) is 9.77 Å². The summed E-state index contributed by atoms with van der Waals surface area (Å²) in [7, 11) is -2.40. The second kappa shape index (κ2) is 6.86. The average Bonchev–Trinajstić information content (AvgIpc) is 3.06. The number of halogens is 1. The topological polar surface area (TPSA) is 89.7 Å². The monoisotopic (exact) mass is 340 g/mol. The standard InChI is InChI=1S/C11H16N2O4S2.ClH/c1-17-11(14)10-9(3-5-18-10)19(15,16)13-4-2-8(6-12)7-13;/h3,5,8H,2,4,6-7,12H2,1H3;1H. The molecule has 1 atom stereocenters. The molecule has 2 rings (SSSR count). The highest BCUT2D eigenvalue weighted by molar-refractivity contribution is 7.89. The average molecular weight is 341 g/mol. The summed E-state index contributed by atoms with van der Waals surface area (Å²) in [4.78, 5) is 11.7. The second-order valence-electron chi connectivity index (χ2n) is 4.36. The number of nitrogens with two attached hydrogens (primary N) is 1. The van der Waals surface area contributed by atoms with Gasteiger partial charge in [-0.1, -0.05) is 0 Å². The first-order chi connectivity index (χ1) is 9.00. The molecule has 1 saturated heterocycles. The van der Waals surface area contributed by atoms with Crippen LogP contribution >= 0.6 is 23.7 Å². The van der Waals surface area contributed by atoms with E-state index in [2.05, 4.69) is 4.74 Å². The maximum Gasteiger partial charge on any atom is 0.349 e. The van der Waals surface area contributed by atoms with E-state index in [9.17, 15) is 13.2 Å². The Morgan fingerprint density at radius 1 is 1.60 bits per heavy atom. The summed E-state index contributed by atoms with van der Waals surface area (Å²) in [5.74, 6) is -0.432. The molecule has 6 nitrogen and oxygen atoms in total. The normalized spacial score (nSPS) is 19.6. The molecule has 1 aliphatic heterocycles. The SMILES string of the molecule is COC(=O)c1sccc1S(=O)(=O)N1CCC(CN)C1.Cl. The van der Waals surface area contributed by atoms with Gasteiger partial charge in [-0.25, -0.2) is 13.2 Å². The van der Waals surface area contributed by atoms with Crippen LogP contribution in [0.2, 0.25) is 0 Å². The number of rotatable bonds is 4. The van der Waals surface area contributed by atoms with Crippen LogP contribution in [-0.4, -0.2) is 45.4 Å². The number of thiophene rings is 1. The fourth-order valence-corrected chi connectivity index (χ4v) is 4.93. The zero-order valence-electron chi connectivity index (χ0n) is 10.9. The largest absolute Gasteiger partial charge is 0.465 e. The highest BCUT2D eigenvalue weighted by Gasteiger charge is 2.35. The van der Waals surface area contributed by atoms with E-state index in [0.717, 1.165) is 17.8 Å². The molecule has 1 aromatic heterocycles. The van der Waals surface area contributed by atoms with Crippen LogP contribution in [0, 0.1) is 5.92 Å². The number of hydrogen-bond acceptors (Lipinski definition) is 6. The summed E-state index contributed by atoms with van der Waals surface area (Å²) in [6.07, 6.45) is 0.757. The van der Waals surface area contributed by atoms with E-state index in [4.69, 9.17) is 5.73 Å². The highest BCUT2D eigenvalue weighted by Crippen LogP contribution is 2.29. The van der Waals surface area contributed by atoms with E-state index in [-0.39, 0.29) is 28.1 Å². The number of hydrogen-bond donors (Lipinski definition) is 1. The zero-order chi connectivity index (χ0) is 14.0. The third kappa shape index (κ3) is 3.15. The molecule has 1 aromatic rings. The lowest BCUT2D eigenvalue weighted by Crippen LogP contribution is -2.30. The minimum atomic E-state index is -3.64. The van der Waals surface area contributed by atoms with Crippen molar-refractivity contribution in [2.24, 2.45) is 11.7 Å². The predicted octanol–water partition coefficient (Wildman–Crippen LogP) is 0.926. The number of nitrogens with zero attached hydrogens (tertiary/aromatic N) is 1. The molecule has 2 N–H and O–H groups in total.